The fourth-order valence-corrected chi connectivity index (χ4v) is 7.00. The number of hydrogen-bond donors (Lipinski definition) is 0. The van der Waals surface area contributed by atoms with E-state index in [9.17, 15) is 29.8 Å². The molecule has 1 unspecified atom stereocenters. The zero-order chi connectivity index (χ0) is 47.4. The van der Waals surface area contributed by atoms with Crippen molar-refractivity contribution in [1.82, 2.24) is 19.9 Å². The van der Waals surface area contributed by atoms with Gasteiger partial charge in [-0.05, 0) is 80.3 Å². The first-order chi connectivity index (χ1) is 31.0. The minimum atomic E-state index is -4.81. The molecule has 2 aromatic carbocycles. The van der Waals surface area contributed by atoms with E-state index in [2.05, 4.69) is 29.6 Å². The normalized spacial score (nSPS) is 11.6. The third-order valence-corrected chi connectivity index (χ3v) is 10.5. The lowest BCUT2D eigenvalue weighted by Gasteiger charge is -2.30. The molecule has 4 aromatic rings. The van der Waals surface area contributed by atoms with E-state index < -0.39 is 69.4 Å². The molecule has 352 valence electrons. The minimum absolute atomic E-state index is 0.0408. The number of anilines is 1. The van der Waals surface area contributed by atoms with Crippen molar-refractivity contribution in [1.29, 1.82) is 0 Å². The van der Waals surface area contributed by atoms with Crippen LogP contribution in [0.1, 0.15) is 65.4 Å². The van der Waals surface area contributed by atoms with Crippen LogP contribution in [0.25, 0.3) is 11.6 Å². The van der Waals surface area contributed by atoms with Crippen LogP contribution in [0.5, 0.6) is 23.1 Å². The minimum Gasteiger partial charge on any atom is -0.493 e. The predicted molar refractivity (Wildman–Crippen MR) is 225 cm³/mol. The van der Waals surface area contributed by atoms with E-state index in [1.807, 2.05) is 20.8 Å². The maximum Gasteiger partial charge on any atom is 0.510 e. The Morgan fingerprint density at radius 3 is 1.91 bits per heavy atom. The largest absolute Gasteiger partial charge is 0.510 e. The Kier molecular flexibility index (Phi) is 19.0. The quantitative estimate of drug-likeness (QED) is 0.0210. The Bertz CT molecular complexity index is 2300. The lowest BCUT2D eigenvalue weighted by molar-refractivity contribution is -0.757. The van der Waals surface area contributed by atoms with E-state index in [4.69, 9.17) is 33.2 Å². The number of methoxy groups -OCH3 is 1. The summed E-state index contributed by atoms with van der Waals surface area (Å²) >= 11 is 0. The second kappa shape index (κ2) is 24.5. The second-order valence-electron chi connectivity index (χ2n) is 14.4. The maximum atomic E-state index is 15.0. The van der Waals surface area contributed by atoms with Gasteiger partial charge in [-0.1, -0.05) is 45.0 Å². The number of sulfonamides is 1. The van der Waals surface area contributed by atoms with Crippen molar-refractivity contribution in [2.24, 2.45) is 0 Å². The summed E-state index contributed by atoms with van der Waals surface area (Å²) in [6.07, 6.45) is 0.221. The number of carbonyl (C=O) groups excluding carboxylic acids is 2. The number of para-hydroxylation sites is 2. The van der Waals surface area contributed by atoms with Gasteiger partial charge in [0.1, 0.15) is 13.2 Å². The van der Waals surface area contributed by atoms with E-state index in [1.165, 1.54) is 50.7 Å². The average molecular weight is 932 g/mol. The fourth-order valence-electron chi connectivity index (χ4n) is 5.51. The lowest BCUT2D eigenvalue weighted by Crippen LogP contribution is -2.42. The standard InChI is InChI=1S/C40H49N7O17S/c1-28(63-39(49)59-23-11-12-25-62-47(52)53)45(65(54,55)30-18-16-29(17-19-30)40(2,3)4)36-33(64-32-15-8-7-14-31(32)56-5)37(44-35(43-36)34-41-20-13-21-42-34)57-26-27-60-38(48)58-22-9-6-10-24-61-46(50)51/h7-8,13-21,28H,6,9-12,22-27H2,1-5H3. The summed E-state index contributed by atoms with van der Waals surface area (Å²) in [7, 11) is -3.43. The molecule has 0 aliphatic heterocycles. The molecule has 0 saturated carbocycles. The number of hydrogen-bond acceptors (Lipinski definition) is 21. The summed E-state index contributed by atoms with van der Waals surface area (Å²) in [5.74, 6) is -1.52. The number of ether oxygens (including phenoxy) is 7. The van der Waals surface area contributed by atoms with Gasteiger partial charge in [0, 0.05) is 12.4 Å². The SMILES string of the molecule is COc1ccccc1Oc1c(OCCOC(=O)OCCCCCO[N+](=O)[O-])nc(-c2ncccn2)nc1N(C(C)OC(=O)OCCCCO[N+](=O)[O-])S(=O)(=O)c1ccc(C(C)(C)C)cc1. The second-order valence-corrected chi connectivity index (χ2v) is 16.2. The van der Waals surface area contributed by atoms with Crippen molar-refractivity contribution < 1.29 is 71.0 Å². The third kappa shape index (κ3) is 15.8. The van der Waals surface area contributed by atoms with E-state index in [1.54, 1.807) is 30.3 Å². The van der Waals surface area contributed by atoms with E-state index >= 15 is 8.42 Å². The Morgan fingerprint density at radius 1 is 0.723 bits per heavy atom. The molecule has 0 N–H and O–H groups in total. The highest BCUT2D eigenvalue weighted by Crippen LogP contribution is 2.44. The van der Waals surface area contributed by atoms with Crippen molar-refractivity contribution in [3.05, 3.63) is 92.8 Å². The molecule has 2 heterocycles. The zero-order valence-corrected chi connectivity index (χ0v) is 37.0. The Hall–Kier alpha value is -7.31. The van der Waals surface area contributed by atoms with Gasteiger partial charge in [-0.25, -0.2) is 37.3 Å². The summed E-state index contributed by atoms with van der Waals surface area (Å²) in [6, 6.07) is 13.9. The topological polar surface area (TPSA) is 292 Å². The van der Waals surface area contributed by atoms with Crippen molar-refractivity contribution in [3.63, 3.8) is 0 Å². The molecule has 65 heavy (non-hydrogen) atoms. The van der Waals surface area contributed by atoms with Crippen LogP contribution in [0.2, 0.25) is 0 Å². The monoisotopic (exact) mass is 931 g/mol. The highest BCUT2D eigenvalue weighted by molar-refractivity contribution is 7.92. The molecule has 0 radical (unpaired) electrons. The molecule has 0 amide bonds. The Balaban J connectivity index is 1.77. The van der Waals surface area contributed by atoms with Crippen molar-refractivity contribution in [2.45, 2.75) is 76.3 Å². The number of nitrogens with zero attached hydrogens (tertiary/aromatic N) is 7. The first-order valence-corrected chi connectivity index (χ1v) is 21.4. The van der Waals surface area contributed by atoms with Gasteiger partial charge in [0.05, 0.1) is 38.4 Å². The predicted octanol–water partition coefficient (Wildman–Crippen LogP) is 6.63. The summed E-state index contributed by atoms with van der Waals surface area (Å²) < 4.78 is 69.5. The van der Waals surface area contributed by atoms with Crippen LogP contribution in [0.4, 0.5) is 15.4 Å². The summed E-state index contributed by atoms with van der Waals surface area (Å²) in [5, 5.41) is 18.9. The molecule has 0 aliphatic carbocycles. The zero-order valence-electron chi connectivity index (χ0n) is 36.2. The summed E-state index contributed by atoms with van der Waals surface area (Å²) in [5.41, 5.74) is 0.460. The van der Waals surface area contributed by atoms with E-state index in [-0.39, 0.29) is 72.7 Å². The van der Waals surface area contributed by atoms with Crippen LogP contribution in [-0.2, 0) is 44.1 Å². The molecule has 0 bridgehead atoms. The molecular formula is C40H49N7O17S. The Labute approximate surface area is 373 Å². The van der Waals surface area contributed by atoms with Crippen LogP contribution < -0.4 is 18.5 Å². The number of aromatic nitrogens is 4. The van der Waals surface area contributed by atoms with Gasteiger partial charge >= 0.3 is 12.3 Å². The van der Waals surface area contributed by atoms with E-state index in [0.717, 1.165) is 5.56 Å². The van der Waals surface area contributed by atoms with Gasteiger partial charge in [0.2, 0.25) is 11.6 Å². The van der Waals surface area contributed by atoms with Gasteiger partial charge in [0.25, 0.3) is 26.1 Å². The van der Waals surface area contributed by atoms with Gasteiger partial charge in [-0.15, -0.1) is 20.2 Å². The van der Waals surface area contributed by atoms with Gasteiger partial charge in [0.15, 0.2) is 29.4 Å². The lowest BCUT2D eigenvalue weighted by atomic mass is 9.87. The molecule has 25 heteroatoms. The number of rotatable bonds is 26. The summed E-state index contributed by atoms with van der Waals surface area (Å²) in [4.78, 5) is 72.1. The fraction of sp³-hybridized carbons (Fsp3) is 0.450. The molecule has 2 aromatic heterocycles. The average Bonchev–Trinajstić information content (AvgIpc) is 3.26. The molecule has 1 atom stereocenters. The highest BCUT2D eigenvalue weighted by atomic mass is 32.2. The first-order valence-electron chi connectivity index (χ1n) is 20.0. The molecule has 0 saturated heterocycles. The highest BCUT2D eigenvalue weighted by Gasteiger charge is 2.39. The maximum absolute atomic E-state index is 15.0. The molecule has 24 nitrogen and oxygen atoms in total. The van der Waals surface area contributed by atoms with Crippen molar-refractivity contribution in [3.8, 4) is 34.8 Å². The van der Waals surface area contributed by atoms with Gasteiger partial charge < -0.3 is 42.8 Å². The number of unbranched alkanes of at least 4 members (excludes halogenated alkanes) is 3. The molecule has 0 aliphatic rings. The Morgan fingerprint density at radius 2 is 1.29 bits per heavy atom. The smallest absolute Gasteiger partial charge is 0.493 e. The van der Waals surface area contributed by atoms with Gasteiger partial charge in [-0.2, -0.15) is 4.98 Å². The number of carbonyl (C=O) groups is 2. The van der Waals surface area contributed by atoms with Gasteiger partial charge in [-0.3, -0.25) is 0 Å². The van der Waals surface area contributed by atoms with Crippen LogP contribution in [0, 0.1) is 20.2 Å². The molecule has 0 spiro atoms. The first kappa shape index (κ1) is 50.3. The molecule has 0 fully saturated rings. The van der Waals surface area contributed by atoms with Crippen molar-refractivity contribution in [2.75, 3.05) is 51.1 Å². The van der Waals surface area contributed by atoms with Crippen LogP contribution in [0.15, 0.2) is 71.9 Å². The van der Waals surface area contributed by atoms with Crippen molar-refractivity contribution >= 4 is 28.2 Å². The van der Waals surface area contributed by atoms with Crippen LogP contribution in [0.3, 0.4) is 0 Å². The van der Waals surface area contributed by atoms with Crippen LogP contribution >= 0.6 is 0 Å². The van der Waals surface area contributed by atoms with Crippen LogP contribution in [-0.4, -0.2) is 104 Å². The third-order valence-electron chi connectivity index (χ3n) is 8.65. The number of benzene rings is 2. The molecular weight excluding hydrogens is 883 g/mol. The van der Waals surface area contributed by atoms with E-state index in [0.29, 0.717) is 23.6 Å². The molecule has 4 rings (SSSR count). The summed E-state index contributed by atoms with van der Waals surface area (Å²) in [6.45, 7) is 5.64.